The smallest absolute Gasteiger partial charge is 0.193 e. The number of likely N-dealkylation sites (tertiary alicyclic amines) is 1. The SMILES string of the molecule is CN=C(NCCC1CC2CCC1C2)N1CCC(N2CCOCC2)C1. The molecule has 2 aliphatic carbocycles. The second-order valence-electron chi connectivity index (χ2n) is 8.23. The van der Waals surface area contributed by atoms with Gasteiger partial charge in [0.1, 0.15) is 0 Å². The van der Waals surface area contributed by atoms with Crippen LogP contribution in [0, 0.1) is 17.8 Å². The Morgan fingerprint density at radius 2 is 2.00 bits per heavy atom. The fourth-order valence-electron chi connectivity index (χ4n) is 5.61. The highest BCUT2D eigenvalue weighted by molar-refractivity contribution is 5.80. The normalized spacial score (nSPS) is 37.4. The predicted octanol–water partition coefficient (Wildman–Crippen LogP) is 1.79. The Labute approximate surface area is 146 Å². The molecule has 4 unspecified atom stereocenters. The highest BCUT2D eigenvalue weighted by Gasteiger charge is 2.39. The maximum atomic E-state index is 5.49. The summed E-state index contributed by atoms with van der Waals surface area (Å²) in [7, 11) is 1.93. The lowest BCUT2D eigenvalue weighted by Crippen LogP contribution is -2.46. The molecule has 5 heteroatoms. The minimum atomic E-state index is 0.679. The number of hydrogen-bond acceptors (Lipinski definition) is 3. The summed E-state index contributed by atoms with van der Waals surface area (Å²) in [4.78, 5) is 9.61. The number of aliphatic imine (C=N–C) groups is 1. The number of hydrogen-bond donors (Lipinski definition) is 1. The number of ether oxygens (including phenoxy) is 1. The lowest BCUT2D eigenvalue weighted by molar-refractivity contribution is 0.0195. The van der Waals surface area contributed by atoms with Crippen molar-refractivity contribution in [3.63, 3.8) is 0 Å². The third kappa shape index (κ3) is 3.57. The molecule has 1 N–H and O–H groups in total. The number of guanidine groups is 1. The highest BCUT2D eigenvalue weighted by Crippen LogP contribution is 2.49. The quantitative estimate of drug-likeness (QED) is 0.629. The van der Waals surface area contributed by atoms with E-state index in [1.807, 2.05) is 7.05 Å². The summed E-state index contributed by atoms with van der Waals surface area (Å²) < 4.78 is 5.49. The van der Waals surface area contributed by atoms with E-state index in [-0.39, 0.29) is 0 Å². The van der Waals surface area contributed by atoms with Crippen LogP contribution in [0.5, 0.6) is 0 Å². The summed E-state index contributed by atoms with van der Waals surface area (Å²) in [5.41, 5.74) is 0. The van der Waals surface area contributed by atoms with Gasteiger partial charge in [-0.05, 0) is 49.9 Å². The van der Waals surface area contributed by atoms with Crippen LogP contribution in [0.2, 0.25) is 0 Å². The lowest BCUT2D eigenvalue weighted by Gasteiger charge is -2.32. The molecule has 2 bridgehead atoms. The van der Waals surface area contributed by atoms with Crippen LogP contribution in [0.4, 0.5) is 0 Å². The van der Waals surface area contributed by atoms with Gasteiger partial charge in [-0.25, -0.2) is 0 Å². The number of fused-ring (bicyclic) bond motifs is 2. The molecule has 4 atom stereocenters. The predicted molar refractivity (Wildman–Crippen MR) is 97.3 cm³/mol. The molecule has 0 radical (unpaired) electrons. The maximum absolute atomic E-state index is 5.49. The second-order valence-corrected chi connectivity index (χ2v) is 8.23. The van der Waals surface area contributed by atoms with Gasteiger partial charge in [0.2, 0.25) is 0 Å². The van der Waals surface area contributed by atoms with Crippen molar-refractivity contribution in [3.8, 4) is 0 Å². The molecular weight excluding hydrogens is 300 g/mol. The minimum Gasteiger partial charge on any atom is -0.379 e. The van der Waals surface area contributed by atoms with Crippen LogP contribution in [-0.4, -0.2) is 74.8 Å². The molecule has 2 heterocycles. The van der Waals surface area contributed by atoms with Crippen LogP contribution in [0.1, 0.15) is 38.5 Å². The monoisotopic (exact) mass is 334 g/mol. The van der Waals surface area contributed by atoms with Gasteiger partial charge in [0.15, 0.2) is 5.96 Å². The summed E-state index contributed by atoms with van der Waals surface area (Å²) in [6.45, 7) is 7.33. The van der Waals surface area contributed by atoms with E-state index >= 15 is 0 Å². The fraction of sp³-hybridized carbons (Fsp3) is 0.947. The van der Waals surface area contributed by atoms with Crippen molar-refractivity contribution in [2.75, 3.05) is 53.0 Å². The highest BCUT2D eigenvalue weighted by atomic mass is 16.5. The average molecular weight is 335 g/mol. The van der Waals surface area contributed by atoms with E-state index in [1.54, 1.807) is 0 Å². The third-order valence-corrected chi connectivity index (χ3v) is 6.92. The summed E-state index contributed by atoms with van der Waals surface area (Å²) in [6.07, 6.45) is 8.61. The molecule has 0 aromatic heterocycles. The number of rotatable bonds is 4. The number of nitrogens with one attached hydrogen (secondary N) is 1. The van der Waals surface area contributed by atoms with E-state index in [1.165, 1.54) is 38.5 Å². The van der Waals surface area contributed by atoms with Gasteiger partial charge in [-0.15, -0.1) is 0 Å². The average Bonchev–Trinajstić information content (AvgIpc) is 3.36. The zero-order valence-corrected chi connectivity index (χ0v) is 15.3. The molecule has 4 fully saturated rings. The molecule has 0 amide bonds. The van der Waals surface area contributed by atoms with E-state index in [0.29, 0.717) is 6.04 Å². The van der Waals surface area contributed by atoms with E-state index in [4.69, 9.17) is 4.74 Å². The van der Waals surface area contributed by atoms with Gasteiger partial charge in [-0.2, -0.15) is 0 Å². The van der Waals surface area contributed by atoms with Gasteiger partial charge >= 0.3 is 0 Å². The standard InChI is InChI=1S/C19H34N4O/c1-20-19(21-6-4-17-13-15-2-3-16(17)12-15)23-7-5-18(14-23)22-8-10-24-11-9-22/h15-18H,2-14H2,1H3,(H,20,21). The lowest BCUT2D eigenvalue weighted by atomic mass is 9.86. The van der Waals surface area contributed by atoms with Crippen LogP contribution >= 0.6 is 0 Å². The fourth-order valence-corrected chi connectivity index (χ4v) is 5.61. The molecule has 24 heavy (non-hydrogen) atoms. The summed E-state index contributed by atoms with van der Waals surface area (Å²) >= 11 is 0. The van der Waals surface area contributed by atoms with Crippen molar-refractivity contribution in [3.05, 3.63) is 0 Å². The molecule has 2 aliphatic heterocycles. The molecule has 5 nitrogen and oxygen atoms in total. The molecule has 0 spiro atoms. The Morgan fingerprint density at radius 3 is 2.71 bits per heavy atom. The Balaban J connectivity index is 1.21. The van der Waals surface area contributed by atoms with Crippen molar-refractivity contribution in [1.82, 2.24) is 15.1 Å². The van der Waals surface area contributed by atoms with Crippen molar-refractivity contribution < 1.29 is 4.74 Å². The molecule has 0 aromatic rings. The Hall–Kier alpha value is -0.810. The minimum absolute atomic E-state index is 0.679. The first-order valence-electron chi connectivity index (χ1n) is 10.1. The third-order valence-electron chi connectivity index (χ3n) is 6.92. The molecule has 136 valence electrons. The van der Waals surface area contributed by atoms with Crippen LogP contribution in [0.3, 0.4) is 0 Å². The van der Waals surface area contributed by atoms with Crippen molar-refractivity contribution >= 4 is 5.96 Å². The molecule has 4 rings (SSSR count). The molecule has 4 aliphatic rings. The maximum Gasteiger partial charge on any atom is 0.193 e. The topological polar surface area (TPSA) is 40.1 Å². The van der Waals surface area contributed by atoms with Crippen LogP contribution in [0.15, 0.2) is 4.99 Å². The summed E-state index contributed by atoms with van der Waals surface area (Å²) in [5, 5.41) is 3.65. The van der Waals surface area contributed by atoms with Crippen LogP contribution in [-0.2, 0) is 4.74 Å². The van der Waals surface area contributed by atoms with Gasteiger partial charge < -0.3 is 15.0 Å². The largest absolute Gasteiger partial charge is 0.379 e. The van der Waals surface area contributed by atoms with E-state index in [2.05, 4.69) is 20.1 Å². The van der Waals surface area contributed by atoms with E-state index < -0.39 is 0 Å². The van der Waals surface area contributed by atoms with E-state index in [0.717, 1.165) is 69.7 Å². The van der Waals surface area contributed by atoms with Gasteiger partial charge in [-0.3, -0.25) is 9.89 Å². The Bertz CT molecular complexity index is 449. The molecular formula is C19H34N4O. The Kier molecular flexibility index (Phi) is 5.28. The Morgan fingerprint density at radius 1 is 1.12 bits per heavy atom. The van der Waals surface area contributed by atoms with E-state index in [9.17, 15) is 0 Å². The molecule has 0 aromatic carbocycles. The second kappa shape index (κ2) is 7.61. The van der Waals surface area contributed by atoms with Crippen LogP contribution < -0.4 is 5.32 Å². The molecule has 2 saturated heterocycles. The first kappa shape index (κ1) is 16.6. The van der Waals surface area contributed by atoms with Gasteiger partial charge in [0.25, 0.3) is 0 Å². The summed E-state index contributed by atoms with van der Waals surface area (Å²) in [5.74, 6) is 4.20. The van der Waals surface area contributed by atoms with Gasteiger partial charge in [0.05, 0.1) is 13.2 Å². The van der Waals surface area contributed by atoms with Crippen molar-refractivity contribution in [2.45, 2.75) is 44.6 Å². The van der Waals surface area contributed by atoms with Crippen molar-refractivity contribution in [1.29, 1.82) is 0 Å². The van der Waals surface area contributed by atoms with Gasteiger partial charge in [-0.1, -0.05) is 6.42 Å². The van der Waals surface area contributed by atoms with Crippen molar-refractivity contribution in [2.24, 2.45) is 22.7 Å². The molecule has 2 saturated carbocycles. The van der Waals surface area contributed by atoms with Crippen LogP contribution in [0.25, 0.3) is 0 Å². The zero-order chi connectivity index (χ0) is 16.4. The number of morpholine rings is 1. The zero-order valence-electron chi connectivity index (χ0n) is 15.3. The summed E-state index contributed by atoms with van der Waals surface area (Å²) in [6, 6.07) is 0.679. The first-order valence-corrected chi connectivity index (χ1v) is 10.1. The van der Waals surface area contributed by atoms with Gasteiger partial charge in [0, 0.05) is 45.8 Å². The first-order chi connectivity index (χ1) is 11.8. The number of nitrogens with zero attached hydrogens (tertiary/aromatic N) is 3.